The number of nitrogens with zero attached hydrogens (tertiary/aromatic N) is 1. The molecule has 1 aromatic carbocycles. The molecule has 3 nitrogen and oxygen atoms in total. The molecule has 0 aromatic heterocycles. The van der Waals surface area contributed by atoms with Crippen LogP contribution in [0.25, 0.3) is 0 Å². The summed E-state index contributed by atoms with van der Waals surface area (Å²) in [5, 5.41) is 2.92. The van der Waals surface area contributed by atoms with Gasteiger partial charge in [0.15, 0.2) is 0 Å². The normalized spacial score (nSPS) is 15.7. The van der Waals surface area contributed by atoms with Crippen LogP contribution >= 0.6 is 0 Å². The van der Waals surface area contributed by atoms with Gasteiger partial charge in [-0.05, 0) is 43.5 Å². The van der Waals surface area contributed by atoms with Crippen LogP contribution in [-0.4, -0.2) is 19.0 Å². The number of hydrogen-bond donors (Lipinski definition) is 1. The third kappa shape index (κ3) is 3.41. The Hall–Kier alpha value is -1.77. The van der Waals surface area contributed by atoms with Gasteiger partial charge in [0.25, 0.3) is 0 Å². The van der Waals surface area contributed by atoms with Gasteiger partial charge in [-0.25, -0.2) is 0 Å². The van der Waals surface area contributed by atoms with E-state index in [4.69, 9.17) is 0 Å². The first-order chi connectivity index (χ1) is 9.61. The molecule has 0 radical (unpaired) electrons. The minimum absolute atomic E-state index is 0.158. The van der Waals surface area contributed by atoms with Crippen molar-refractivity contribution in [2.75, 3.05) is 17.3 Å². The van der Waals surface area contributed by atoms with Crippen LogP contribution in [0.2, 0.25) is 0 Å². The van der Waals surface area contributed by atoms with Crippen LogP contribution in [0.1, 0.15) is 37.7 Å². The summed E-state index contributed by atoms with van der Waals surface area (Å²) >= 11 is 0. The molecule has 0 spiro atoms. The van der Waals surface area contributed by atoms with Crippen molar-refractivity contribution >= 4 is 17.3 Å². The maximum atomic E-state index is 11.6. The molecule has 0 saturated heterocycles. The Morgan fingerprint density at radius 3 is 2.70 bits per heavy atom. The van der Waals surface area contributed by atoms with E-state index in [0.717, 1.165) is 16.9 Å². The van der Waals surface area contributed by atoms with Crippen LogP contribution in [0.5, 0.6) is 0 Å². The molecule has 0 heterocycles. The van der Waals surface area contributed by atoms with Gasteiger partial charge in [-0.15, -0.1) is 0 Å². The Bertz CT molecular complexity index is 490. The van der Waals surface area contributed by atoms with Crippen LogP contribution in [0.3, 0.4) is 0 Å². The number of rotatable bonds is 4. The molecule has 20 heavy (non-hydrogen) atoms. The lowest BCUT2D eigenvalue weighted by Gasteiger charge is -2.34. The number of hydrogen-bond acceptors (Lipinski definition) is 2. The van der Waals surface area contributed by atoms with Crippen molar-refractivity contribution in [1.29, 1.82) is 0 Å². The molecule has 0 atom stereocenters. The summed E-state index contributed by atoms with van der Waals surface area (Å²) in [4.78, 5) is 13.9. The Labute approximate surface area is 121 Å². The highest BCUT2D eigenvalue weighted by atomic mass is 16.1. The van der Waals surface area contributed by atoms with Gasteiger partial charge in [0.1, 0.15) is 0 Å². The van der Waals surface area contributed by atoms with E-state index in [1.165, 1.54) is 38.2 Å². The van der Waals surface area contributed by atoms with E-state index >= 15 is 0 Å². The summed E-state index contributed by atoms with van der Waals surface area (Å²) in [5.74, 6) is -0.158. The molecule has 1 aromatic rings. The maximum Gasteiger partial charge on any atom is 0.247 e. The largest absolute Gasteiger partial charge is 0.370 e. The number of nitrogens with one attached hydrogen (secondary N) is 1. The molecule has 1 fully saturated rings. The summed E-state index contributed by atoms with van der Waals surface area (Å²) in [6.45, 7) is 5.55. The molecule has 1 aliphatic carbocycles. The van der Waals surface area contributed by atoms with Gasteiger partial charge in [0.2, 0.25) is 5.91 Å². The van der Waals surface area contributed by atoms with E-state index in [9.17, 15) is 4.79 Å². The molecule has 1 saturated carbocycles. The first-order valence-corrected chi connectivity index (χ1v) is 7.38. The molecular formula is C17H24N2O. The molecule has 1 N–H and O–H groups in total. The molecular weight excluding hydrogens is 248 g/mol. The van der Waals surface area contributed by atoms with Gasteiger partial charge in [0, 0.05) is 13.1 Å². The Balaban J connectivity index is 2.24. The Kier molecular flexibility index (Phi) is 4.83. The highest BCUT2D eigenvalue weighted by Crippen LogP contribution is 2.32. The highest BCUT2D eigenvalue weighted by Gasteiger charge is 2.20. The van der Waals surface area contributed by atoms with Crippen molar-refractivity contribution in [3.05, 3.63) is 36.4 Å². The zero-order valence-electron chi connectivity index (χ0n) is 12.5. The fourth-order valence-electron chi connectivity index (χ4n) is 2.91. The number of carbonyl (C=O) groups excluding carboxylic acids is 1. The monoisotopic (exact) mass is 272 g/mol. The fraction of sp³-hybridized carbons (Fsp3) is 0.471. The van der Waals surface area contributed by atoms with Crippen LogP contribution in [0, 0.1) is 6.92 Å². The minimum atomic E-state index is -0.158. The summed E-state index contributed by atoms with van der Waals surface area (Å²) < 4.78 is 0. The van der Waals surface area contributed by atoms with Crippen molar-refractivity contribution in [2.45, 2.75) is 45.1 Å². The van der Waals surface area contributed by atoms with Gasteiger partial charge < -0.3 is 10.2 Å². The SMILES string of the molecule is C=CC(=O)Nc1cc(C)ccc1N(C)C1CCCCC1. The lowest BCUT2D eigenvalue weighted by atomic mass is 9.94. The predicted molar refractivity (Wildman–Crippen MR) is 85.3 cm³/mol. The zero-order valence-corrected chi connectivity index (χ0v) is 12.5. The fourth-order valence-corrected chi connectivity index (χ4v) is 2.91. The summed E-state index contributed by atoms with van der Waals surface area (Å²) in [6, 6.07) is 6.79. The molecule has 1 aliphatic rings. The predicted octanol–water partition coefficient (Wildman–Crippen LogP) is 3.89. The summed E-state index contributed by atoms with van der Waals surface area (Å²) in [7, 11) is 2.13. The van der Waals surface area contributed by atoms with Crippen LogP contribution in [0.4, 0.5) is 11.4 Å². The van der Waals surface area contributed by atoms with E-state index in [1.807, 2.05) is 13.0 Å². The lowest BCUT2D eigenvalue weighted by Crippen LogP contribution is -2.34. The molecule has 3 heteroatoms. The smallest absolute Gasteiger partial charge is 0.247 e. The second kappa shape index (κ2) is 6.60. The van der Waals surface area contributed by atoms with Crippen molar-refractivity contribution in [3.8, 4) is 0 Å². The second-order valence-electron chi connectivity index (χ2n) is 5.62. The molecule has 2 rings (SSSR count). The third-order valence-electron chi connectivity index (χ3n) is 4.10. The first kappa shape index (κ1) is 14.6. The van der Waals surface area contributed by atoms with Crippen LogP contribution in [0.15, 0.2) is 30.9 Å². The van der Waals surface area contributed by atoms with Gasteiger partial charge in [0.05, 0.1) is 11.4 Å². The van der Waals surface area contributed by atoms with Gasteiger partial charge >= 0.3 is 0 Å². The molecule has 0 bridgehead atoms. The van der Waals surface area contributed by atoms with E-state index in [2.05, 4.69) is 36.0 Å². The lowest BCUT2D eigenvalue weighted by molar-refractivity contribution is -0.111. The minimum Gasteiger partial charge on any atom is -0.370 e. The average Bonchev–Trinajstić information content (AvgIpc) is 2.47. The number of aryl methyl sites for hydroxylation is 1. The van der Waals surface area contributed by atoms with Crippen molar-refractivity contribution < 1.29 is 4.79 Å². The Morgan fingerprint density at radius 1 is 1.35 bits per heavy atom. The van der Waals surface area contributed by atoms with Crippen molar-refractivity contribution in [2.24, 2.45) is 0 Å². The first-order valence-electron chi connectivity index (χ1n) is 7.38. The zero-order chi connectivity index (χ0) is 14.5. The number of anilines is 2. The van der Waals surface area contributed by atoms with Crippen LogP contribution < -0.4 is 10.2 Å². The van der Waals surface area contributed by atoms with Gasteiger partial charge in [-0.2, -0.15) is 0 Å². The third-order valence-corrected chi connectivity index (χ3v) is 4.10. The summed E-state index contributed by atoms with van der Waals surface area (Å²) in [6.07, 6.45) is 7.73. The average molecular weight is 272 g/mol. The number of amides is 1. The van der Waals surface area contributed by atoms with Crippen LogP contribution in [-0.2, 0) is 4.79 Å². The summed E-state index contributed by atoms with van der Waals surface area (Å²) in [5.41, 5.74) is 3.12. The molecule has 0 aliphatic heterocycles. The van der Waals surface area contributed by atoms with Gasteiger partial charge in [-0.3, -0.25) is 4.79 Å². The van der Waals surface area contributed by atoms with Crippen molar-refractivity contribution in [3.63, 3.8) is 0 Å². The second-order valence-corrected chi connectivity index (χ2v) is 5.62. The highest BCUT2D eigenvalue weighted by molar-refractivity contribution is 6.01. The maximum absolute atomic E-state index is 11.6. The van der Waals surface area contributed by atoms with E-state index < -0.39 is 0 Å². The van der Waals surface area contributed by atoms with E-state index in [-0.39, 0.29) is 5.91 Å². The van der Waals surface area contributed by atoms with E-state index in [0.29, 0.717) is 6.04 Å². The topological polar surface area (TPSA) is 32.3 Å². The standard InChI is InChI=1S/C17H24N2O/c1-4-17(20)18-15-12-13(2)10-11-16(15)19(3)14-8-6-5-7-9-14/h4,10-12,14H,1,5-9H2,2-3H3,(H,18,20). The molecule has 1 amide bonds. The van der Waals surface area contributed by atoms with E-state index in [1.54, 1.807) is 0 Å². The Morgan fingerprint density at radius 2 is 2.05 bits per heavy atom. The van der Waals surface area contributed by atoms with Crippen molar-refractivity contribution in [1.82, 2.24) is 0 Å². The molecule has 108 valence electrons. The number of benzene rings is 1. The quantitative estimate of drug-likeness (QED) is 0.843. The van der Waals surface area contributed by atoms with Gasteiger partial charge in [-0.1, -0.05) is 31.9 Å². The molecule has 0 unspecified atom stereocenters. The number of carbonyl (C=O) groups is 1.